The summed E-state index contributed by atoms with van der Waals surface area (Å²) in [6, 6.07) is 10.7. The average Bonchev–Trinajstić information content (AvgIpc) is 2.28. The zero-order chi connectivity index (χ0) is 10.6. The number of hydrogen-bond donors (Lipinski definition) is 0. The van der Waals surface area contributed by atoms with E-state index in [0.29, 0.717) is 5.92 Å². The van der Waals surface area contributed by atoms with Gasteiger partial charge in [-0.3, -0.25) is 0 Å². The highest BCUT2D eigenvalue weighted by molar-refractivity contribution is 5.22. The molecule has 0 saturated carbocycles. The summed E-state index contributed by atoms with van der Waals surface area (Å²) in [5, 5.41) is 0. The minimum atomic E-state index is 0.210. The van der Waals surface area contributed by atoms with Crippen molar-refractivity contribution in [1.29, 1.82) is 0 Å². The van der Waals surface area contributed by atoms with E-state index in [1.807, 2.05) is 0 Å². The highest BCUT2D eigenvalue weighted by Crippen LogP contribution is 2.39. The molecule has 0 aromatic heterocycles. The number of benzene rings is 1. The maximum atomic E-state index is 3.95. The molecule has 0 aliphatic carbocycles. The predicted octanol–water partition coefficient (Wildman–Crippen LogP) is 4.39. The van der Waals surface area contributed by atoms with Crippen LogP contribution in [-0.4, -0.2) is 0 Å². The Morgan fingerprint density at radius 1 is 1.36 bits per heavy atom. The van der Waals surface area contributed by atoms with Gasteiger partial charge in [-0.1, -0.05) is 57.2 Å². The molecule has 1 aromatic carbocycles. The first-order valence-corrected chi connectivity index (χ1v) is 5.32. The summed E-state index contributed by atoms with van der Waals surface area (Å²) in [5.41, 5.74) is 1.61. The highest BCUT2D eigenvalue weighted by Gasteiger charge is 2.26. The molecule has 14 heavy (non-hydrogen) atoms. The van der Waals surface area contributed by atoms with E-state index >= 15 is 0 Å². The maximum Gasteiger partial charge on any atom is -0.00858 e. The first-order valence-electron chi connectivity index (χ1n) is 5.32. The van der Waals surface area contributed by atoms with Crippen molar-refractivity contribution >= 4 is 0 Å². The number of rotatable bonds is 4. The van der Waals surface area contributed by atoms with E-state index in [9.17, 15) is 0 Å². The lowest BCUT2D eigenvalue weighted by atomic mass is 9.73. The third kappa shape index (κ3) is 2.06. The lowest BCUT2D eigenvalue weighted by Crippen LogP contribution is -2.19. The van der Waals surface area contributed by atoms with Crippen LogP contribution in [0.3, 0.4) is 0 Å². The summed E-state index contributed by atoms with van der Waals surface area (Å²) in [7, 11) is 0. The Bertz CT molecular complexity index is 286. The van der Waals surface area contributed by atoms with E-state index in [4.69, 9.17) is 0 Å². The summed E-state index contributed by atoms with van der Waals surface area (Å²) in [5.74, 6) is 0.534. The van der Waals surface area contributed by atoms with Crippen LogP contribution in [0.5, 0.6) is 0 Å². The van der Waals surface area contributed by atoms with Gasteiger partial charge in [-0.05, 0) is 23.3 Å². The second kappa shape index (κ2) is 4.45. The van der Waals surface area contributed by atoms with Gasteiger partial charge in [0.1, 0.15) is 0 Å². The van der Waals surface area contributed by atoms with Crippen LogP contribution in [0.15, 0.2) is 43.0 Å². The molecule has 0 amide bonds. The molecule has 0 aliphatic rings. The Morgan fingerprint density at radius 2 is 1.93 bits per heavy atom. The molecule has 0 N–H and O–H groups in total. The Labute approximate surface area is 87.7 Å². The van der Waals surface area contributed by atoms with Crippen molar-refractivity contribution in [3.63, 3.8) is 0 Å². The van der Waals surface area contributed by atoms with Gasteiger partial charge >= 0.3 is 0 Å². The topological polar surface area (TPSA) is 0 Å². The van der Waals surface area contributed by atoms with Crippen molar-refractivity contribution in [1.82, 2.24) is 0 Å². The quantitative estimate of drug-likeness (QED) is 0.615. The van der Waals surface area contributed by atoms with Gasteiger partial charge in [-0.2, -0.15) is 0 Å². The molecular weight excluding hydrogens is 168 g/mol. The van der Waals surface area contributed by atoms with Crippen LogP contribution in [0, 0.1) is 5.41 Å². The summed E-state index contributed by atoms with van der Waals surface area (Å²) in [4.78, 5) is 0. The Balaban J connectivity index is 2.94. The first-order chi connectivity index (χ1) is 6.64. The molecule has 0 spiro atoms. The summed E-state index contributed by atoms with van der Waals surface area (Å²) < 4.78 is 0. The molecule has 76 valence electrons. The van der Waals surface area contributed by atoms with Gasteiger partial charge in [0.25, 0.3) is 0 Å². The molecule has 0 unspecified atom stereocenters. The van der Waals surface area contributed by atoms with E-state index in [0.717, 1.165) is 6.42 Å². The summed E-state index contributed by atoms with van der Waals surface area (Å²) >= 11 is 0. The smallest absolute Gasteiger partial charge is 0.00858 e. The van der Waals surface area contributed by atoms with Crippen LogP contribution >= 0.6 is 0 Å². The molecule has 0 aliphatic heterocycles. The molecule has 0 nitrogen and oxygen atoms in total. The normalized spacial score (nSPS) is 17.1. The van der Waals surface area contributed by atoms with Gasteiger partial charge in [0.05, 0.1) is 0 Å². The zero-order valence-electron chi connectivity index (χ0n) is 9.46. The van der Waals surface area contributed by atoms with Gasteiger partial charge in [-0.25, -0.2) is 0 Å². The zero-order valence-corrected chi connectivity index (χ0v) is 9.46. The van der Waals surface area contributed by atoms with Crippen LogP contribution in [-0.2, 0) is 0 Å². The monoisotopic (exact) mass is 188 g/mol. The van der Waals surface area contributed by atoms with E-state index in [-0.39, 0.29) is 5.41 Å². The van der Waals surface area contributed by atoms with Gasteiger partial charge in [-0.15, -0.1) is 6.58 Å². The van der Waals surface area contributed by atoms with Crippen molar-refractivity contribution in [2.75, 3.05) is 0 Å². The van der Waals surface area contributed by atoms with Crippen LogP contribution in [0.1, 0.15) is 38.7 Å². The maximum absolute atomic E-state index is 3.95. The van der Waals surface area contributed by atoms with E-state index in [1.165, 1.54) is 5.56 Å². The van der Waals surface area contributed by atoms with Crippen molar-refractivity contribution in [2.24, 2.45) is 5.41 Å². The Kier molecular flexibility index (Phi) is 3.51. The molecule has 0 saturated heterocycles. The van der Waals surface area contributed by atoms with Crippen molar-refractivity contribution < 1.29 is 0 Å². The lowest BCUT2D eigenvalue weighted by Gasteiger charge is -2.32. The largest absolute Gasteiger partial charge is 0.103 e. The third-order valence-corrected chi connectivity index (χ3v) is 3.52. The third-order valence-electron chi connectivity index (χ3n) is 3.52. The molecule has 0 bridgehead atoms. The molecule has 0 radical (unpaired) electrons. The predicted molar refractivity (Wildman–Crippen MR) is 63.5 cm³/mol. The Hall–Kier alpha value is -1.04. The fraction of sp³-hybridized carbons (Fsp3) is 0.429. The molecule has 0 heterocycles. The Morgan fingerprint density at radius 3 is 2.36 bits per heavy atom. The van der Waals surface area contributed by atoms with Crippen molar-refractivity contribution in [2.45, 2.75) is 33.1 Å². The first kappa shape index (κ1) is 11.0. The van der Waals surface area contributed by atoms with Crippen molar-refractivity contribution in [3.05, 3.63) is 48.6 Å². The fourth-order valence-electron chi connectivity index (χ4n) is 1.75. The van der Waals surface area contributed by atoms with E-state index < -0.39 is 0 Å². The molecule has 0 heteroatoms. The van der Waals surface area contributed by atoms with Crippen LogP contribution in [0.25, 0.3) is 0 Å². The summed E-state index contributed by atoms with van der Waals surface area (Å²) in [6.07, 6.45) is 3.22. The average molecular weight is 188 g/mol. The van der Waals surface area contributed by atoms with Gasteiger partial charge in [0.15, 0.2) is 0 Å². The second-order valence-corrected chi connectivity index (χ2v) is 4.20. The number of hydrogen-bond acceptors (Lipinski definition) is 0. The van der Waals surface area contributed by atoms with Crippen LogP contribution in [0.2, 0.25) is 0 Å². The minimum Gasteiger partial charge on any atom is -0.103 e. The lowest BCUT2D eigenvalue weighted by molar-refractivity contribution is 0.341. The summed E-state index contributed by atoms with van der Waals surface area (Å²) in [6.45, 7) is 10.7. The second-order valence-electron chi connectivity index (χ2n) is 4.20. The standard InChI is InChI=1S/C14H20/c1-5-14(4,6-2)12(3)13-10-8-7-9-11-13/h5,7-12H,1,6H2,2-4H3/t12-,14+/m0/s1. The van der Waals surface area contributed by atoms with Gasteiger partial charge in [0, 0.05) is 0 Å². The molecule has 1 aromatic rings. The number of allylic oxidation sites excluding steroid dienone is 1. The molecular formula is C14H20. The molecule has 1 rings (SSSR count). The van der Waals surface area contributed by atoms with Gasteiger partial charge < -0.3 is 0 Å². The van der Waals surface area contributed by atoms with Crippen molar-refractivity contribution in [3.8, 4) is 0 Å². The minimum absolute atomic E-state index is 0.210. The van der Waals surface area contributed by atoms with E-state index in [1.54, 1.807) is 0 Å². The van der Waals surface area contributed by atoms with E-state index in [2.05, 4.69) is 63.8 Å². The van der Waals surface area contributed by atoms with Gasteiger partial charge in [0.2, 0.25) is 0 Å². The van der Waals surface area contributed by atoms with Crippen LogP contribution < -0.4 is 0 Å². The molecule has 0 fully saturated rings. The fourth-order valence-corrected chi connectivity index (χ4v) is 1.75. The SMILES string of the molecule is C=C[C@](C)(CC)[C@@H](C)c1ccccc1. The molecule has 2 atom stereocenters. The van der Waals surface area contributed by atoms with Crippen LogP contribution in [0.4, 0.5) is 0 Å². The highest BCUT2D eigenvalue weighted by atomic mass is 14.3.